The molecule has 0 aromatic heterocycles. The van der Waals surface area contributed by atoms with E-state index in [1.807, 2.05) is 0 Å². The highest BCUT2D eigenvalue weighted by Gasteiger charge is 2.18. The Morgan fingerprint density at radius 2 is 1.53 bits per heavy atom. The van der Waals surface area contributed by atoms with Gasteiger partial charge in [0.2, 0.25) is 0 Å². The van der Waals surface area contributed by atoms with Crippen molar-refractivity contribution in [1.29, 1.82) is 0 Å². The Kier molecular flexibility index (Phi) is 4.43. The topological polar surface area (TPSA) is 0 Å². The van der Waals surface area contributed by atoms with Crippen LogP contribution in [0.3, 0.4) is 0 Å². The minimum atomic E-state index is -1.03. The Bertz CT molecular complexity index is 611. The van der Waals surface area contributed by atoms with Crippen LogP contribution in [0.15, 0.2) is 34.8 Å². The summed E-state index contributed by atoms with van der Waals surface area (Å²) in [7, 11) is 0. The van der Waals surface area contributed by atoms with Crippen LogP contribution in [0.1, 0.15) is 16.5 Å². The van der Waals surface area contributed by atoms with E-state index in [9.17, 15) is 13.2 Å². The first-order valence-electron chi connectivity index (χ1n) is 5.13. The molecule has 0 amide bonds. The predicted molar refractivity (Wildman–Crippen MR) is 73.2 cm³/mol. The first kappa shape index (κ1) is 14.7. The van der Waals surface area contributed by atoms with E-state index in [0.29, 0.717) is 4.47 Å². The summed E-state index contributed by atoms with van der Waals surface area (Å²) in [5.41, 5.74) is 0.177. The zero-order valence-electron chi connectivity index (χ0n) is 9.23. The molecule has 19 heavy (non-hydrogen) atoms. The summed E-state index contributed by atoms with van der Waals surface area (Å²) in [5, 5.41) is -0.769. The van der Waals surface area contributed by atoms with Gasteiger partial charge in [-0.05, 0) is 45.8 Å². The third-order valence-electron chi connectivity index (χ3n) is 2.49. The van der Waals surface area contributed by atoms with Gasteiger partial charge in [-0.2, -0.15) is 0 Å². The summed E-state index contributed by atoms with van der Waals surface area (Å²) in [6.07, 6.45) is 0. The van der Waals surface area contributed by atoms with Crippen molar-refractivity contribution in [1.82, 2.24) is 0 Å². The van der Waals surface area contributed by atoms with Crippen LogP contribution >= 0.6 is 39.1 Å². The maximum Gasteiger partial charge on any atom is 0.129 e. The second kappa shape index (κ2) is 5.73. The van der Waals surface area contributed by atoms with Crippen molar-refractivity contribution >= 4 is 39.1 Å². The van der Waals surface area contributed by atoms with Crippen LogP contribution in [0.25, 0.3) is 0 Å². The van der Waals surface area contributed by atoms with E-state index in [1.54, 1.807) is 0 Å². The summed E-state index contributed by atoms with van der Waals surface area (Å²) < 4.78 is 40.4. The molecule has 0 N–H and O–H groups in total. The molecule has 0 aliphatic rings. The molecule has 0 heterocycles. The second-order valence-electron chi connectivity index (χ2n) is 3.85. The first-order valence-corrected chi connectivity index (χ1v) is 6.73. The molecule has 2 aromatic rings. The molecule has 0 bridgehead atoms. The Labute approximate surface area is 126 Å². The van der Waals surface area contributed by atoms with Crippen molar-refractivity contribution in [2.24, 2.45) is 0 Å². The fourth-order valence-electron chi connectivity index (χ4n) is 1.63. The predicted octanol–water partition coefficient (Wildman–Crippen LogP) is 5.85. The van der Waals surface area contributed by atoms with E-state index in [-0.39, 0.29) is 16.1 Å². The minimum absolute atomic E-state index is 0.0554. The quantitative estimate of drug-likeness (QED) is 0.460. The Hall–Kier alpha value is -0.710. The molecule has 0 saturated carbocycles. The fourth-order valence-corrected chi connectivity index (χ4v) is 2.41. The van der Waals surface area contributed by atoms with Crippen LogP contribution < -0.4 is 0 Å². The molecule has 1 atom stereocenters. The van der Waals surface area contributed by atoms with Gasteiger partial charge >= 0.3 is 0 Å². The Morgan fingerprint density at radius 1 is 0.947 bits per heavy atom. The lowest BCUT2D eigenvalue weighted by Crippen LogP contribution is -1.99. The summed E-state index contributed by atoms with van der Waals surface area (Å²) in [4.78, 5) is 0. The molecular weight excluding hydrogens is 364 g/mol. The molecule has 1 unspecified atom stereocenters. The van der Waals surface area contributed by atoms with E-state index in [2.05, 4.69) is 15.9 Å². The van der Waals surface area contributed by atoms with Gasteiger partial charge in [0.15, 0.2) is 0 Å². The lowest BCUT2D eigenvalue weighted by Gasteiger charge is -2.13. The molecule has 0 radical (unpaired) electrons. The van der Waals surface area contributed by atoms with Gasteiger partial charge in [0.1, 0.15) is 17.5 Å². The third-order valence-corrected chi connectivity index (χ3v) is 4.17. The highest BCUT2D eigenvalue weighted by Crippen LogP contribution is 2.35. The number of alkyl halides is 1. The van der Waals surface area contributed by atoms with Gasteiger partial charge in [-0.3, -0.25) is 0 Å². The summed E-state index contributed by atoms with van der Waals surface area (Å²) in [5.74, 6) is -2.16. The van der Waals surface area contributed by atoms with Crippen molar-refractivity contribution in [3.8, 4) is 0 Å². The second-order valence-corrected chi connectivity index (χ2v) is 5.55. The zero-order valence-corrected chi connectivity index (χ0v) is 12.3. The van der Waals surface area contributed by atoms with Gasteiger partial charge < -0.3 is 0 Å². The zero-order chi connectivity index (χ0) is 14.2. The molecule has 0 fully saturated rings. The van der Waals surface area contributed by atoms with Gasteiger partial charge in [0.05, 0.1) is 10.4 Å². The maximum absolute atomic E-state index is 13.8. The fraction of sp³-hybridized carbons (Fsp3) is 0.0769. The van der Waals surface area contributed by atoms with Gasteiger partial charge in [-0.25, -0.2) is 13.2 Å². The normalized spacial score (nSPS) is 12.5. The largest absolute Gasteiger partial charge is 0.207 e. The van der Waals surface area contributed by atoms with Crippen LogP contribution in [0, 0.1) is 17.5 Å². The third kappa shape index (κ3) is 3.25. The van der Waals surface area contributed by atoms with Crippen molar-refractivity contribution in [2.45, 2.75) is 5.38 Å². The molecule has 0 spiro atoms. The minimum Gasteiger partial charge on any atom is -0.207 e. The highest BCUT2D eigenvalue weighted by molar-refractivity contribution is 9.10. The molecule has 6 heteroatoms. The van der Waals surface area contributed by atoms with Crippen molar-refractivity contribution in [3.63, 3.8) is 0 Å². The average molecular weight is 370 g/mol. The number of halogens is 6. The number of benzene rings is 2. The highest BCUT2D eigenvalue weighted by atomic mass is 79.9. The maximum atomic E-state index is 13.8. The van der Waals surface area contributed by atoms with Crippen molar-refractivity contribution in [2.75, 3.05) is 0 Å². The van der Waals surface area contributed by atoms with Crippen LogP contribution in [0.5, 0.6) is 0 Å². The van der Waals surface area contributed by atoms with Crippen LogP contribution in [0.4, 0.5) is 13.2 Å². The van der Waals surface area contributed by atoms with E-state index in [0.717, 1.165) is 24.3 Å². The molecule has 0 saturated heterocycles. The number of rotatable bonds is 2. The van der Waals surface area contributed by atoms with Gasteiger partial charge in [-0.15, -0.1) is 11.6 Å². The smallest absolute Gasteiger partial charge is 0.129 e. The van der Waals surface area contributed by atoms with E-state index in [4.69, 9.17) is 23.2 Å². The van der Waals surface area contributed by atoms with Gasteiger partial charge in [-0.1, -0.05) is 11.6 Å². The SMILES string of the molecule is Fc1cc(F)cc(C(Cl)c2cc(Cl)c(Br)cc2F)c1. The first-order chi connectivity index (χ1) is 8.88. The van der Waals surface area contributed by atoms with Crippen LogP contribution in [-0.2, 0) is 0 Å². The summed E-state index contributed by atoms with van der Waals surface area (Å²) in [6, 6.07) is 5.30. The molecule has 2 aromatic carbocycles. The molecule has 100 valence electrons. The standard InChI is InChI=1S/C13H6BrCl2F3/c14-10-5-12(19)9(4-11(10)15)13(16)6-1-7(17)3-8(18)2-6/h1-5,13H. The van der Waals surface area contributed by atoms with Gasteiger partial charge in [0.25, 0.3) is 0 Å². The lowest BCUT2D eigenvalue weighted by atomic mass is 10.0. The average Bonchev–Trinajstić information content (AvgIpc) is 2.31. The number of hydrogen-bond acceptors (Lipinski definition) is 0. The van der Waals surface area contributed by atoms with Crippen molar-refractivity contribution < 1.29 is 13.2 Å². The van der Waals surface area contributed by atoms with E-state index < -0.39 is 22.8 Å². The van der Waals surface area contributed by atoms with Crippen LogP contribution in [0.2, 0.25) is 5.02 Å². The lowest BCUT2D eigenvalue weighted by molar-refractivity contribution is 0.578. The van der Waals surface area contributed by atoms with E-state index in [1.165, 1.54) is 6.07 Å². The molecule has 0 nitrogen and oxygen atoms in total. The molecule has 0 aliphatic heterocycles. The summed E-state index contributed by atoms with van der Waals surface area (Å²) >= 11 is 15.0. The van der Waals surface area contributed by atoms with E-state index >= 15 is 0 Å². The van der Waals surface area contributed by atoms with Crippen molar-refractivity contribution in [3.05, 3.63) is 68.4 Å². The molecule has 0 aliphatic carbocycles. The Balaban J connectivity index is 2.49. The van der Waals surface area contributed by atoms with Gasteiger partial charge in [0, 0.05) is 16.1 Å². The van der Waals surface area contributed by atoms with Crippen LogP contribution in [-0.4, -0.2) is 0 Å². The summed E-state index contributed by atoms with van der Waals surface area (Å²) in [6.45, 7) is 0. The number of hydrogen-bond donors (Lipinski definition) is 0. The molecular formula is C13H6BrCl2F3. The Morgan fingerprint density at radius 3 is 2.11 bits per heavy atom. The molecule has 2 rings (SSSR count). The monoisotopic (exact) mass is 368 g/mol.